The summed E-state index contributed by atoms with van der Waals surface area (Å²) < 4.78 is 0. The molecule has 3 N–H and O–H groups in total. The van der Waals surface area contributed by atoms with Crippen LogP contribution in [0.25, 0.3) is 0 Å². The number of rotatable bonds is 3. The number of aliphatic hydroxyl groups excluding tert-OH is 1. The Morgan fingerprint density at radius 2 is 2.00 bits per heavy atom. The molecule has 0 amide bonds. The summed E-state index contributed by atoms with van der Waals surface area (Å²) in [6.07, 6.45) is 3.00. The zero-order chi connectivity index (χ0) is 12.9. The zero-order valence-electron chi connectivity index (χ0n) is 12.0. The van der Waals surface area contributed by atoms with E-state index < -0.39 is 0 Å². The number of guanidine groups is 1. The van der Waals surface area contributed by atoms with Crippen LogP contribution in [0.3, 0.4) is 0 Å². The molecule has 0 aromatic heterocycles. The molecule has 1 aliphatic rings. The first-order chi connectivity index (χ1) is 7.92. The van der Waals surface area contributed by atoms with Crippen molar-refractivity contribution in [3.05, 3.63) is 0 Å². The van der Waals surface area contributed by atoms with Gasteiger partial charge in [-0.1, -0.05) is 6.42 Å². The van der Waals surface area contributed by atoms with Gasteiger partial charge in [0, 0.05) is 24.5 Å². The summed E-state index contributed by atoms with van der Waals surface area (Å²) in [7, 11) is 0. The van der Waals surface area contributed by atoms with E-state index >= 15 is 0 Å². The Morgan fingerprint density at radius 3 is 2.44 bits per heavy atom. The van der Waals surface area contributed by atoms with Crippen LogP contribution in [0.5, 0.6) is 0 Å². The summed E-state index contributed by atoms with van der Waals surface area (Å²) in [6, 6.07) is 0. The van der Waals surface area contributed by atoms with Gasteiger partial charge in [0.25, 0.3) is 0 Å². The van der Waals surface area contributed by atoms with Crippen molar-refractivity contribution in [2.45, 2.75) is 58.6 Å². The van der Waals surface area contributed by atoms with Gasteiger partial charge in [-0.25, -0.2) is 0 Å². The Labute approximate surface area is 128 Å². The molecule has 4 nitrogen and oxygen atoms in total. The third kappa shape index (κ3) is 6.78. The lowest BCUT2D eigenvalue weighted by Gasteiger charge is -2.24. The molecule has 0 saturated heterocycles. The summed E-state index contributed by atoms with van der Waals surface area (Å²) in [5, 5.41) is 16.3. The molecule has 0 aromatic rings. The molecule has 2 unspecified atom stereocenters. The minimum Gasteiger partial charge on any atom is -0.393 e. The van der Waals surface area contributed by atoms with Gasteiger partial charge >= 0.3 is 0 Å². The Balaban J connectivity index is 0.00000289. The summed E-state index contributed by atoms with van der Waals surface area (Å²) >= 11 is 0. The standard InChI is InChI=1S/C13H27N3O.HI/c1-5-14-12(16-13(2,3)4)15-9-10-7-6-8-11(10)17;/h10-11,17H,5-9H2,1-4H3,(H2,14,15,16);1H. The minimum atomic E-state index is -0.156. The van der Waals surface area contributed by atoms with Crippen LogP contribution in [0.2, 0.25) is 0 Å². The maximum absolute atomic E-state index is 9.75. The van der Waals surface area contributed by atoms with Crippen molar-refractivity contribution in [3.8, 4) is 0 Å². The second-order valence-corrected chi connectivity index (χ2v) is 5.85. The van der Waals surface area contributed by atoms with Gasteiger partial charge in [0.15, 0.2) is 5.96 Å². The van der Waals surface area contributed by atoms with E-state index in [2.05, 4.69) is 43.3 Å². The summed E-state index contributed by atoms with van der Waals surface area (Å²) in [6.45, 7) is 9.98. The van der Waals surface area contributed by atoms with Gasteiger partial charge in [-0.2, -0.15) is 0 Å². The van der Waals surface area contributed by atoms with Crippen LogP contribution in [0.1, 0.15) is 47.0 Å². The van der Waals surface area contributed by atoms with Crippen LogP contribution >= 0.6 is 24.0 Å². The molecule has 0 spiro atoms. The van der Waals surface area contributed by atoms with E-state index in [0.29, 0.717) is 12.5 Å². The lowest BCUT2D eigenvalue weighted by molar-refractivity contribution is 0.136. The number of hydrogen-bond acceptors (Lipinski definition) is 2. The third-order valence-electron chi connectivity index (χ3n) is 2.94. The van der Waals surface area contributed by atoms with Crippen molar-refractivity contribution in [2.75, 3.05) is 13.1 Å². The van der Waals surface area contributed by atoms with Gasteiger partial charge in [0.1, 0.15) is 0 Å². The van der Waals surface area contributed by atoms with Gasteiger partial charge in [0.05, 0.1) is 6.10 Å². The Morgan fingerprint density at radius 1 is 1.33 bits per heavy atom. The predicted octanol–water partition coefficient (Wildman–Crippen LogP) is 2.12. The number of halogens is 1. The van der Waals surface area contributed by atoms with E-state index in [-0.39, 0.29) is 35.6 Å². The highest BCUT2D eigenvalue weighted by atomic mass is 127. The minimum absolute atomic E-state index is 0. The quantitative estimate of drug-likeness (QED) is 0.406. The molecule has 0 heterocycles. The normalized spacial score (nSPS) is 24.6. The fourth-order valence-corrected chi connectivity index (χ4v) is 2.10. The molecule has 0 radical (unpaired) electrons. The maximum atomic E-state index is 9.75. The zero-order valence-corrected chi connectivity index (χ0v) is 14.3. The third-order valence-corrected chi connectivity index (χ3v) is 2.94. The number of hydrogen-bond donors (Lipinski definition) is 3. The maximum Gasteiger partial charge on any atom is 0.191 e. The van der Waals surface area contributed by atoms with E-state index in [4.69, 9.17) is 0 Å². The van der Waals surface area contributed by atoms with Gasteiger partial charge in [-0.3, -0.25) is 4.99 Å². The van der Waals surface area contributed by atoms with Gasteiger partial charge in [0.2, 0.25) is 0 Å². The Hall–Kier alpha value is -0.0400. The first-order valence-corrected chi connectivity index (χ1v) is 6.67. The molecule has 0 aliphatic heterocycles. The van der Waals surface area contributed by atoms with Crippen molar-refractivity contribution in [3.63, 3.8) is 0 Å². The van der Waals surface area contributed by atoms with Crippen molar-refractivity contribution < 1.29 is 5.11 Å². The fraction of sp³-hybridized carbons (Fsp3) is 0.923. The van der Waals surface area contributed by atoms with Crippen molar-refractivity contribution in [1.29, 1.82) is 0 Å². The fourth-order valence-electron chi connectivity index (χ4n) is 2.10. The Kier molecular flexibility index (Phi) is 8.18. The molecular weight excluding hydrogens is 341 g/mol. The van der Waals surface area contributed by atoms with Crippen LogP contribution in [0, 0.1) is 5.92 Å². The smallest absolute Gasteiger partial charge is 0.191 e. The average molecular weight is 369 g/mol. The van der Waals surface area contributed by atoms with Crippen LogP contribution in [-0.4, -0.2) is 35.8 Å². The highest BCUT2D eigenvalue weighted by molar-refractivity contribution is 14.0. The van der Waals surface area contributed by atoms with Crippen LogP contribution in [-0.2, 0) is 0 Å². The second-order valence-electron chi connectivity index (χ2n) is 5.85. The number of aliphatic imine (C=N–C) groups is 1. The van der Waals surface area contributed by atoms with Crippen molar-refractivity contribution in [2.24, 2.45) is 10.9 Å². The van der Waals surface area contributed by atoms with Crippen LogP contribution in [0.4, 0.5) is 0 Å². The number of aliphatic hydroxyl groups is 1. The highest BCUT2D eigenvalue weighted by Gasteiger charge is 2.25. The first kappa shape index (κ1) is 18.0. The summed E-state index contributed by atoms with van der Waals surface area (Å²) in [4.78, 5) is 4.57. The Bertz CT molecular complexity index is 263. The summed E-state index contributed by atoms with van der Waals surface area (Å²) in [5.41, 5.74) is 0.00922. The second kappa shape index (κ2) is 8.19. The first-order valence-electron chi connectivity index (χ1n) is 6.67. The predicted molar refractivity (Wildman–Crippen MR) is 87.6 cm³/mol. The van der Waals surface area contributed by atoms with Gasteiger partial charge < -0.3 is 15.7 Å². The van der Waals surface area contributed by atoms with Crippen LogP contribution < -0.4 is 10.6 Å². The lowest BCUT2D eigenvalue weighted by Crippen LogP contribution is -2.47. The molecule has 0 bridgehead atoms. The molecule has 5 heteroatoms. The number of nitrogens with zero attached hydrogens (tertiary/aromatic N) is 1. The van der Waals surface area contributed by atoms with Gasteiger partial charge in [-0.15, -0.1) is 24.0 Å². The molecule has 18 heavy (non-hydrogen) atoms. The van der Waals surface area contributed by atoms with Crippen molar-refractivity contribution >= 4 is 29.9 Å². The molecule has 108 valence electrons. The largest absolute Gasteiger partial charge is 0.393 e. The van der Waals surface area contributed by atoms with Crippen molar-refractivity contribution in [1.82, 2.24) is 10.6 Å². The highest BCUT2D eigenvalue weighted by Crippen LogP contribution is 2.25. The van der Waals surface area contributed by atoms with E-state index in [1.54, 1.807) is 0 Å². The van der Waals surface area contributed by atoms with Crippen LogP contribution in [0.15, 0.2) is 4.99 Å². The molecular formula is C13H28IN3O. The van der Waals surface area contributed by atoms with E-state index in [1.807, 2.05) is 0 Å². The monoisotopic (exact) mass is 369 g/mol. The molecule has 1 saturated carbocycles. The average Bonchev–Trinajstić information content (AvgIpc) is 2.59. The van der Waals surface area contributed by atoms with E-state index in [1.165, 1.54) is 0 Å². The number of nitrogens with one attached hydrogen (secondary N) is 2. The SMILES string of the molecule is CCNC(=NCC1CCCC1O)NC(C)(C)C.I. The van der Waals surface area contributed by atoms with Gasteiger partial charge in [-0.05, 0) is 40.5 Å². The summed E-state index contributed by atoms with van der Waals surface area (Å²) in [5.74, 6) is 1.18. The molecule has 1 fully saturated rings. The van der Waals surface area contributed by atoms with E-state index in [9.17, 15) is 5.11 Å². The molecule has 0 aromatic carbocycles. The molecule has 1 aliphatic carbocycles. The lowest BCUT2D eigenvalue weighted by atomic mass is 10.1. The molecule has 1 rings (SSSR count). The van der Waals surface area contributed by atoms with E-state index in [0.717, 1.165) is 31.8 Å². The topological polar surface area (TPSA) is 56.7 Å². The molecule has 2 atom stereocenters.